The molecule has 0 aliphatic carbocycles. The van der Waals surface area contributed by atoms with E-state index in [9.17, 15) is 9.59 Å². The van der Waals surface area contributed by atoms with Crippen LogP contribution < -0.4 is 10.2 Å². The molecule has 3 aromatic rings. The number of halogens is 2. The highest BCUT2D eigenvalue weighted by atomic mass is 79.9. The number of nitrogens with one attached hydrogen (secondary N) is 1. The Kier molecular flexibility index (Phi) is 6.89. The van der Waals surface area contributed by atoms with E-state index in [1.165, 1.54) is 4.90 Å². The van der Waals surface area contributed by atoms with Crippen molar-refractivity contribution in [2.45, 2.75) is 19.0 Å². The Bertz CT molecular complexity index is 1160. The van der Waals surface area contributed by atoms with Gasteiger partial charge in [0.25, 0.3) is 5.91 Å². The lowest BCUT2D eigenvalue weighted by molar-refractivity contribution is -0.124. The van der Waals surface area contributed by atoms with Gasteiger partial charge >= 0.3 is 0 Å². The molecule has 1 aliphatic heterocycles. The molecule has 1 heterocycles. The SMILES string of the molecule is O=C(CC1C(=O)N(c2cccc(Cl)c2)C(=S)N1Cc1ccccc1)Nc1ccc(Br)cc1. The second kappa shape index (κ2) is 9.81. The Morgan fingerprint density at radius 2 is 1.75 bits per heavy atom. The zero-order chi connectivity index (χ0) is 22.7. The normalized spacial score (nSPS) is 15.9. The zero-order valence-electron chi connectivity index (χ0n) is 16.9. The standard InChI is InChI=1S/C24H19BrClN3O2S/c25-17-9-11-19(12-10-17)27-22(30)14-21-23(31)29(20-8-4-7-18(26)13-20)24(32)28(21)15-16-5-2-1-3-6-16/h1-13,21H,14-15H2,(H,27,30). The molecule has 0 aromatic heterocycles. The maximum absolute atomic E-state index is 13.4. The van der Waals surface area contributed by atoms with E-state index >= 15 is 0 Å². The number of hydrogen-bond donors (Lipinski definition) is 1. The molecule has 0 spiro atoms. The van der Waals surface area contributed by atoms with Crippen LogP contribution >= 0.6 is 39.7 Å². The topological polar surface area (TPSA) is 52.7 Å². The minimum atomic E-state index is -0.725. The number of amides is 2. The molecule has 4 rings (SSSR count). The zero-order valence-corrected chi connectivity index (χ0v) is 20.0. The molecule has 1 N–H and O–H groups in total. The number of carbonyl (C=O) groups excluding carboxylic acids is 2. The fraction of sp³-hybridized carbons (Fsp3) is 0.125. The van der Waals surface area contributed by atoms with Crippen LogP contribution in [0.3, 0.4) is 0 Å². The quantitative estimate of drug-likeness (QED) is 0.421. The van der Waals surface area contributed by atoms with Crippen molar-refractivity contribution in [1.82, 2.24) is 4.90 Å². The Balaban J connectivity index is 1.60. The lowest BCUT2D eigenvalue weighted by Gasteiger charge is -2.24. The first-order valence-corrected chi connectivity index (χ1v) is 11.5. The van der Waals surface area contributed by atoms with E-state index in [1.807, 2.05) is 42.5 Å². The van der Waals surface area contributed by atoms with Gasteiger partial charge < -0.3 is 10.2 Å². The van der Waals surface area contributed by atoms with Crippen molar-refractivity contribution in [3.63, 3.8) is 0 Å². The van der Waals surface area contributed by atoms with E-state index in [-0.39, 0.29) is 18.2 Å². The van der Waals surface area contributed by atoms with Gasteiger partial charge in [-0.25, -0.2) is 0 Å². The summed E-state index contributed by atoms with van der Waals surface area (Å²) in [5.41, 5.74) is 2.24. The van der Waals surface area contributed by atoms with Gasteiger partial charge in [-0.3, -0.25) is 14.5 Å². The maximum Gasteiger partial charge on any atom is 0.256 e. The van der Waals surface area contributed by atoms with Crippen LogP contribution in [-0.2, 0) is 16.1 Å². The molecule has 5 nitrogen and oxygen atoms in total. The fourth-order valence-corrected chi connectivity index (χ4v) is 4.40. The minimum absolute atomic E-state index is 0.0288. The van der Waals surface area contributed by atoms with Crippen LogP contribution in [-0.4, -0.2) is 27.9 Å². The first-order chi connectivity index (χ1) is 15.4. The summed E-state index contributed by atoms with van der Waals surface area (Å²) in [5.74, 6) is -0.515. The van der Waals surface area contributed by atoms with Crippen molar-refractivity contribution in [2.75, 3.05) is 10.2 Å². The Hall–Kier alpha value is -2.74. The van der Waals surface area contributed by atoms with Crippen molar-refractivity contribution in [1.29, 1.82) is 0 Å². The van der Waals surface area contributed by atoms with E-state index in [1.54, 1.807) is 41.3 Å². The van der Waals surface area contributed by atoms with Crippen LogP contribution in [0.1, 0.15) is 12.0 Å². The molecule has 32 heavy (non-hydrogen) atoms. The molecule has 1 fully saturated rings. The number of hydrogen-bond acceptors (Lipinski definition) is 3. The van der Waals surface area contributed by atoms with Crippen molar-refractivity contribution >= 4 is 68.1 Å². The Labute approximate surface area is 205 Å². The minimum Gasteiger partial charge on any atom is -0.332 e. The predicted octanol–water partition coefficient (Wildman–Crippen LogP) is 5.63. The Morgan fingerprint density at radius 3 is 2.44 bits per heavy atom. The monoisotopic (exact) mass is 527 g/mol. The van der Waals surface area contributed by atoms with E-state index < -0.39 is 6.04 Å². The molecule has 0 saturated carbocycles. The van der Waals surface area contributed by atoms with Crippen molar-refractivity contribution in [2.24, 2.45) is 0 Å². The predicted molar refractivity (Wildman–Crippen MR) is 135 cm³/mol. The molecular weight excluding hydrogens is 510 g/mol. The third-order valence-electron chi connectivity index (χ3n) is 5.09. The second-order valence-corrected chi connectivity index (χ2v) is 9.04. The van der Waals surface area contributed by atoms with Gasteiger partial charge in [0, 0.05) is 21.7 Å². The summed E-state index contributed by atoms with van der Waals surface area (Å²) in [6.07, 6.45) is -0.0288. The molecule has 2 amide bonds. The van der Waals surface area contributed by atoms with Crippen molar-refractivity contribution < 1.29 is 9.59 Å². The van der Waals surface area contributed by atoms with Crippen molar-refractivity contribution in [3.8, 4) is 0 Å². The number of carbonyl (C=O) groups is 2. The number of thiocarbonyl (C=S) groups is 1. The highest BCUT2D eigenvalue weighted by molar-refractivity contribution is 9.10. The summed E-state index contributed by atoms with van der Waals surface area (Å²) in [6.45, 7) is 0.415. The van der Waals surface area contributed by atoms with Gasteiger partial charge in [-0.2, -0.15) is 0 Å². The summed E-state index contributed by atoms with van der Waals surface area (Å²) in [6, 6.07) is 23.2. The average molecular weight is 529 g/mol. The van der Waals surface area contributed by atoms with Crippen LogP contribution in [0.25, 0.3) is 0 Å². The van der Waals surface area contributed by atoms with Gasteiger partial charge in [0.05, 0.1) is 12.1 Å². The highest BCUT2D eigenvalue weighted by Gasteiger charge is 2.44. The first kappa shape index (κ1) is 22.5. The van der Waals surface area contributed by atoms with Crippen LogP contribution in [0.5, 0.6) is 0 Å². The van der Waals surface area contributed by atoms with Crippen LogP contribution in [0, 0.1) is 0 Å². The average Bonchev–Trinajstić information content (AvgIpc) is 3.00. The summed E-state index contributed by atoms with van der Waals surface area (Å²) in [7, 11) is 0. The number of nitrogens with zero attached hydrogens (tertiary/aromatic N) is 2. The van der Waals surface area contributed by atoms with Crippen molar-refractivity contribution in [3.05, 3.63) is 93.9 Å². The number of benzene rings is 3. The third-order valence-corrected chi connectivity index (χ3v) is 6.27. The molecule has 162 valence electrons. The molecule has 1 saturated heterocycles. The molecule has 1 unspecified atom stereocenters. The Morgan fingerprint density at radius 1 is 1.03 bits per heavy atom. The first-order valence-electron chi connectivity index (χ1n) is 9.92. The lowest BCUT2D eigenvalue weighted by Crippen LogP contribution is -2.37. The van der Waals surface area contributed by atoms with Crippen LogP contribution in [0.2, 0.25) is 5.02 Å². The molecule has 3 aromatic carbocycles. The fourth-order valence-electron chi connectivity index (χ4n) is 3.57. The summed E-state index contributed by atoms with van der Waals surface area (Å²) < 4.78 is 0.915. The third kappa shape index (κ3) is 5.01. The summed E-state index contributed by atoms with van der Waals surface area (Å²) in [4.78, 5) is 29.5. The number of rotatable bonds is 6. The smallest absolute Gasteiger partial charge is 0.256 e. The largest absolute Gasteiger partial charge is 0.332 e. The maximum atomic E-state index is 13.4. The molecule has 1 aliphatic rings. The van der Waals surface area contributed by atoms with Gasteiger partial charge in [0.1, 0.15) is 6.04 Å². The molecule has 0 radical (unpaired) electrons. The van der Waals surface area contributed by atoms with Gasteiger partial charge in [-0.05, 0) is 60.2 Å². The van der Waals surface area contributed by atoms with Crippen LogP contribution in [0.15, 0.2) is 83.3 Å². The lowest BCUT2D eigenvalue weighted by atomic mass is 10.1. The molecule has 1 atom stereocenters. The van der Waals surface area contributed by atoms with E-state index in [4.69, 9.17) is 23.8 Å². The molecular formula is C24H19BrClN3O2S. The van der Waals surface area contributed by atoms with E-state index in [0.717, 1.165) is 10.0 Å². The van der Waals surface area contributed by atoms with E-state index in [2.05, 4.69) is 21.2 Å². The molecule has 8 heteroatoms. The summed E-state index contributed by atoms with van der Waals surface area (Å²) in [5, 5.41) is 3.71. The number of anilines is 2. The molecule has 0 bridgehead atoms. The van der Waals surface area contributed by atoms with Gasteiger partial charge in [0.2, 0.25) is 5.91 Å². The van der Waals surface area contributed by atoms with Gasteiger partial charge in [0.15, 0.2) is 5.11 Å². The van der Waals surface area contributed by atoms with E-state index in [0.29, 0.717) is 28.1 Å². The van der Waals surface area contributed by atoms with Crippen LogP contribution in [0.4, 0.5) is 11.4 Å². The van der Waals surface area contributed by atoms with Gasteiger partial charge in [-0.15, -0.1) is 0 Å². The summed E-state index contributed by atoms with van der Waals surface area (Å²) >= 11 is 15.2. The van der Waals surface area contributed by atoms with Gasteiger partial charge in [-0.1, -0.05) is 63.9 Å². The highest BCUT2D eigenvalue weighted by Crippen LogP contribution is 2.30. The second-order valence-electron chi connectivity index (χ2n) is 7.32.